The molecule has 0 unspecified atom stereocenters. The van der Waals surface area contributed by atoms with E-state index in [4.69, 9.17) is 21.8 Å². The predicted molar refractivity (Wildman–Crippen MR) is 83.0 cm³/mol. The minimum Gasteiger partial charge on any atom is -0.406 e. The Kier molecular flexibility index (Phi) is 4.24. The lowest BCUT2D eigenvalue weighted by Crippen LogP contribution is -2.48. The lowest BCUT2D eigenvalue weighted by Gasteiger charge is -2.24. The SMILES string of the molecule is CC(C)(CN)NS(=O)(=O)c1c(Br)cc2[nH]c(=O)oc2c1Cl. The Morgan fingerprint density at radius 1 is 1.52 bits per heavy atom. The minimum atomic E-state index is -3.96. The molecular formula is C11H13BrClN3O4S. The van der Waals surface area contributed by atoms with Crippen molar-refractivity contribution >= 4 is 48.7 Å². The first kappa shape index (κ1) is 16.5. The number of H-pyrrole nitrogens is 1. The van der Waals surface area contributed by atoms with E-state index in [2.05, 4.69) is 25.6 Å². The quantitative estimate of drug-likeness (QED) is 0.722. The van der Waals surface area contributed by atoms with Gasteiger partial charge < -0.3 is 10.2 Å². The van der Waals surface area contributed by atoms with Crippen LogP contribution in [0.4, 0.5) is 0 Å². The maximum Gasteiger partial charge on any atom is 0.417 e. The zero-order valence-corrected chi connectivity index (χ0v) is 14.3. The molecule has 0 spiro atoms. The molecule has 1 aromatic carbocycles. The topological polar surface area (TPSA) is 118 Å². The van der Waals surface area contributed by atoms with Gasteiger partial charge >= 0.3 is 5.76 Å². The Bertz CT molecular complexity index is 856. The smallest absolute Gasteiger partial charge is 0.406 e. The predicted octanol–water partition coefficient (Wildman–Crippen LogP) is 1.55. The summed E-state index contributed by atoms with van der Waals surface area (Å²) in [6, 6.07) is 1.41. The summed E-state index contributed by atoms with van der Waals surface area (Å²) in [6.45, 7) is 3.38. The highest BCUT2D eigenvalue weighted by Crippen LogP contribution is 2.35. The van der Waals surface area contributed by atoms with Crippen LogP contribution >= 0.6 is 27.5 Å². The first-order chi connectivity index (χ1) is 9.57. The third-order valence-corrected chi connectivity index (χ3v) is 5.90. The summed E-state index contributed by atoms with van der Waals surface area (Å²) in [6.07, 6.45) is 0. The number of rotatable bonds is 4. The molecule has 0 radical (unpaired) electrons. The summed E-state index contributed by atoms with van der Waals surface area (Å²) in [5.74, 6) is -0.719. The molecule has 0 aliphatic carbocycles. The van der Waals surface area contributed by atoms with Gasteiger partial charge in [-0.3, -0.25) is 4.98 Å². The Morgan fingerprint density at radius 2 is 2.14 bits per heavy atom. The molecule has 1 heterocycles. The van der Waals surface area contributed by atoms with Gasteiger partial charge in [-0.1, -0.05) is 11.6 Å². The largest absolute Gasteiger partial charge is 0.417 e. The first-order valence-electron chi connectivity index (χ1n) is 5.82. The maximum absolute atomic E-state index is 12.5. The van der Waals surface area contributed by atoms with Crippen molar-refractivity contribution in [1.82, 2.24) is 9.71 Å². The van der Waals surface area contributed by atoms with E-state index in [1.54, 1.807) is 13.8 Å². The standard InChI is InChI=1S/C11H13BrClN3O4S/c1-11(2,4-14)16-21(18,19)9-5(12)3-6-8(7(9)13)20-10(17)15-6/h3,16H,4,14H2,1-2H3,(H,15,17). The van der Waals surface area contributed by atoms with Crippen molar-refractivity contribution < 1.29 is 12.8 Å². The molecule has 0 amide bonds. The highest BCUT2D eigenvalue weighted by molar-refractivity contribution is 9.10. The van der Waals surface area contributed by atoms with Crippen molar-refractivity contribution in [2.75, 3.05) is 6.54 Å². The molecule has 2 rings (SSSR count). The molecule has 0 aliphatic heterocycles. The van der Waals surface area contributed by atoms with Crippen molar-refractivity contribution in [2.45, 2.75) is 24.3 Å². The number of aromatic amines is 1. The zero-order valence-electron chi connectivity index (χ0n) is 11.2. The molecule has 1 aromatic heterocycles. The van der Waals surface area contributed by atoms with Gasteiger partial charge in [0.15, 0.2) is 5.58 Å². The summed E-state index contributed by atoms with van der Waals surface area (Å²) in [7, 11) is -3.96. The van der Waals surface area contributed by atoms with Crippen LogP contribution < -0.4 is 16.2 Å². The maximum atomic E-state index is 12.5. The number of nitrogens with two attached hydrogens (primary N) is 1. The van der Waals surface area contributed by atoms with E-state index < -0.39 is 21.3 Å². The molecule has 0 saturated heterocycles. The van der Waals surface area contributed by atoms with Crippen molar-refractivity contribution in [3.8, 4) is 0 Å². The van der Waals surface area contributed by atoms with Gasteiger partial charge in [0.25, 0.3) is 0 Å². The first-order valence-corrected chi connectivity index (χ1v) is 8.48. The van der Waals surface area contributed by atoms with Gasteiger partial charge in [-0.15, -0.1) is 0 Å². The third-order valence-electron chi connectivity index (χ3n) is 2.75. The van der Waals surface area contributed by atoms with Crippen LogP contribution in [0.25, 0.3) is 11.1 Å². The van der Waals surface area contributed by atoms with E-state index in [1.165, 1.54) is 6.07 Å². The number of aromatic nitrogens is 1. The average molecular weight is 399 g/mol. The van der Waals surface area contributed by atoms with E-state index in [1.807, 2.05) is 0 Å². The van der Waals surface area contributed by atoms with Crippen LogP contribution in [0.15, 0.2) is 24.6 Å². The van der Waals surface area contributed by atoms with Gasteiger partial charge in [0.05, 0.1) is 5.52 Å². The Labute approximate surface area is 134 Å². The molecular weight excluding hydrogens is 386 g/mol. The van der Waals surface area contributed by atoms with Crippen molar-refractivity contribution in [3.63, 3.8) is 0 Å². The Morgan fingerprint density at radius 3 is 2.71 bits per heavy atom. The molecule has 2 aromatic rings. The highest BCUT2D eigenvalue weighted by atomic mass is 79.9. The normalized spacial score (nSPS) is 13.0. The summed E-state index contributed by atoms with van der Waals surface area (Å²) >= 11 is 9.23. The second-order valence-electron chi connectivity index (χ2n) is 5.09. The van der Waals surface area contributed by atoms with Crippen LogP contribution in [-0.2, 0) is 10.0 Å². The molecule has 0 atom stereocenters. The van der Waals surface area contributed by atoms with Crippen LogP contribution in [-0.4, -0.2) is 25.5 Å². The second kappa shape index (κ2) is 5.40. The van der Waals surface area contributed by atoms with Gasteiger partial charge in [0.1, 0.15) is 9.92 Å². The molecule has 0 saturated carbocycles. The second-order valence-corrected chi connectivity index (χ2v) is 7.94. The highest BCUT2D eigenvalue weighted by Gasteiger charge is 2.30. The molecule has 0 fully saturated rings. The van der Waals surface area contributed by atoms with Crippen LogP contribution in [0, 0.1) is 0 Å². The molecule has 21 heavy (non-hydrogen) atoms. The summed E-state index contributed by atoms with van der Waals surface area (Å²) in [5.41, 5.74) is 4.96. The van der Waals surface area contributed by atoms with E-state index in [0.29, 0.717) is 5.52 Å². The summed E-state index contributed by atoms with van der Waals surface area (Å²) in [4.78, 5) is 13.4. The van der Waals surface area contributed by atoms with Gasteiger partial charge in [0.2, 0.25) is 10.0 Å². The van der Waals surface area contributed by atoms with Gasteiger partial charge in [0, 0.05) is 16.6 Å². The summed E-state index contributed by atoms with van der Waals surface area (Å²) in [5, 5.41) is -0.182. The fourth-order valence-electron chi connectivity index (χ4n) is 1.71. The van der Waals surface area contributed by atoms with Gasteiger partial charge in [-0.25, -0.2) is 17.9 Å². The number of hydrogen-bond donors (Lipinski definition) is 3. The molecule has 116 valence electrons. The van der Waals surface area contributed by atoms with E-state index in [-0.39, 0.29) is 26.5 Å². The number of fused-ring (bicyclic) bond motifs is 1. The number of hydrogen-bond acceptors (Lipinski definition) is 5. The molecule has 7 nitrogen and oxygen atoms in total. The molecule has 0 bridgehead atoms. The fourth-order valence-corrected chi connectivity index (χ4v) is 4.99. The van der Waals surface area contributed by atoms with E-state index in [0.717, 1.165) is 0 Å². The van der Waals surface area contributed by atoms with E-state index >= 15 is 0 Å². The van der Waals surface area contributed by atoms with Gasteiger partial charge in [-0.2, -0.15) is 0 Å². The van der Waals surface area contributed by atoms with Crippen LogP contribution in [0.1, 0.15) is 13.8 Å². The molecule has 10 heteroatoms. The summed E-state index contributed by atoms with van der Waals surface area (Å²) < 4.78 is 32.5. The van der Waals surface area contributed by atoms with Crippen molar-refractivity contribution in [3.05, 3.63) is 26.1 Å². The molecule has 0 aliphatic rings. The number of benzene rings is 1. The fraction of sp³-hybridized carbons (Fsp3) is 0.364. The lowest BCUT2D eigenvalue weighted by atomic mass is 10.1. The van der Waals surface area contributed by atoms with Gasteiger partial charge in [-0.05, 0) is 35.8 Å². The Hall–Kier alpha value is -0.870. The molecule has 4 N–H and O–H groups in total. The van der Waals surface area contributed by atoms with Crippen LogP contribution in [0.3, 0.4) is 0 Å². The van der Waals surface area contributed by atoms with Crippen LogP contribution in [0.5, 0.6) is 0 Å². The Balaban J connectivity index is 2.68. The van der Waals surface area contributed by atoms with E-state index in [9.17, 15) is 13.2 Å². The number of oxazole rings is 1. The minimum absolute atomic E-state index is 0.0178. The number of sulfonamides is 1. The van der Waals surface area contributed by atoms with Crippen molar-refractivity contribution in [1.29, 1.82) is 0 Å². The zero-order chi connectivity index (χ0) is 16.0. The van der Waals surface area contributed by atoms with Crippen LogP contribution in [0.2, 0.25) is 5.02 Å². The monoisotopic (exact) mass is 397 g/mol. The lowest BCUT2D eigenvalue weighted by molar-refractivity contribution is 0.462. The van der Waals surface area contributed by atoms with Crippen molar-refractivity contribution in [2.24, 2.45) is 5.73 Å². The third kappa shape index (κ3) is 3.16. The average Bonchev–Trinajstić information content (AvgIpc) is 2.68. The number of nitrogens with one attached hydrogen (secondary N) is 2. The number of halogens is 2.